The molecule has 1 unspecified atom stereocenters. The predicted molar refractivity (Wildman–Crippen MR) is 120 cm³/mol. The van der Waals surface area contributed by atoms with Gasteiger partial charge in [-0.1, -0.05) is 25.1 Å². The van der Waals surface area contributed by atoms with Crippen LogP contribution in [0.5, 0.6) is 5.75 Å². The van der Waals surface area contributed by atoms with Crippen LogP contribution in [0.4, 0.5) is 11.5 Å². The van der Waals surface area contributed by atoms with Crippen molar-refractivity contribution < 1.29 is 19.4 Å². The summed E-state index contributed by atoms with van der Waals surface area (Å²) in [7, 11) is 0. The highest BCUT2D eigenvalue weighted by atomic mass is 16.5. The molecule has 0 saturated carbocycles. The predicted octanol–water partition coefficient (Wildman–Crippen LogP) is 4.19. The zero-order chi connectivity index (χ0) is 21.8. The third-order valence-corrected chi connectivity index (χ3v) is 5.40. The van der Waals surface area contributed by atoms with Gasteiger partial charge in [-0.2, -0.15) is 0 Å². The molecule has 1 fully saturated rings. The lowest BCUT2D eigenvalue weighted by atomic mass is 10.00. The maximum Gasteiger partial charge on any atom is 0.336 e. The second-order valence-corrected chi connectivity index (χ2v) is 7.91. The lowest BCUT2D eigenvalue weighted by Gasteiger charge is -2.32. The van der Waals surface area contributed by atoms with Gasteiger partial charge >= 0.3 is 5.97 Å². The highest BCUT2D eigenvalue weighted by Crippen LogP contribution is 2.28. The van der Waals surface area contributed by atoms with E-state index in [0.717, 1.165) is 19.5 Å². The highest BCUT2D eigenvalue weighted by Gasteiger charge is 2.21. The monoisotopic (exact) mass is 419 g/mol. The van der Waals surface area contributed by atoms with Crippen molar-refractivity contribution in [1.29, 1.82) is 0 Å². The average molecular weight is 419 g/mol. The zero-order valence-electron chi connectivity index (χ0n) is 17.4. The number of nitrogens with zero attached hydrogens (tertiary/aromatic N) is 2. The molecule has 1 aliphatic heterocycles. The number of amides is 1. The second-order valence-electron chi connectivity index (χ2n) is 7.91. The number of hydrogen-bond donors (Lipinski definition) is 2. The Kier molecular flexibility index (Phi) is 6.02. The lowest BCUT2D eigenvalue weighted by Crippen LogP contribution is -2.35. The molecule has 1 amide bonds. The number of para-hydroxylation sites is 1. The van der Waals surface area contributed by atoms with Crippen LogP contribution in [0, 0.1) is 5.92 Å². The van der Waals surface area contributed by atoms with Crippen LogP contribution in [0.3, 0.4) is 0 Å². The van der Waals surface area contributed by atoms with E-state index in [1.54, 1.807) is 36.4 Å². The summed E-state index contributed by atoms with van der Waals surface area (Å²) in [5, 5.41) is 13.0. The van der Waals surface area contributed by atoms with Gasteiger partial charge in [0.1, 0.15) is 11.6 Å². The molecule has 1 aromatic heterocycles. The van der Waals surface area contributed by atoms with E-state index in [0.29, 0.717) is 34.1 Å². The van der Waals surface area contributed by atoms with Crippen LogP contribution in [0.2, 0.25) is 0 Å². The van der Waals surface area contributed by atoms with E-state index in [-0.39, 0.29) is 18.1 Å². The van der Waals surface area contributed by atoms with Crippen LogP contribution in [-0.2, 0) is 4.79 Å². The molecule has 0 aliphatic carbocycles. The van der Waals surface area contributed by atoms with Crippen LogP contribution in [0.25, 0.3) is 10.9 Å². The first-order valence-corrected chi connectivity index (χ1v) is 10.4. The Labute approximate surface area is 180 Å². The number of rotatable bonds is 6. The number of hydrogen-bond acceptors (Lipinski definition) is 5. The summed E-state index contributed by atoms with van der Waals surface area (Å²) in [6.45, 7) is 3.80. The van der Waals surface area contributed by atoms with Gasteiger partial charge in [0.25, 0.3) is 5.91 Å². The minimum atomic E-state index is -1.02. The number of nitrogens with one attached hydrogen (secondary N) is 1. The minimum Gasteiger partial charge on any atom is -0.484 e. The smallest absolute Gasteiger partial charge is 0.336 e. The number of pyridine rings is 1. The number of fused-ring (bicyclic) bond motifs is 1. The summed E-state index contributed by atoms with van der Waals surface area (Å²) < 4.78 is 5.46. The number of carbonyl (C=O) groups excluding carboxylic acids is 1. The molecule has 1 aliphatic rings. The van der Waals surface area contributed by atoms with Gasteiger partial charge in [-0.25, -0.2) is 9.78 Å². The SMILES string of the molecule is CC1CCCN(c2cc(C(=O)O)c3cc(NC(=O)COc4ccccc4)ccc3n2)C1. The number of aromatic carboxylic acids is 1. The average Bonchev–Trinajstić information content (AvgIpc) is 2.77. The summed E-state index contributed by atoms with van der Waals surface area (Å²) in [6, 6.07) is 15.8. The fourth-order valence-corrected chi connectivity index (χ4v) is 3.89. The molecule has 3 aromatic rings. The van der Waals surface area contributed by atoms with Crippen LogP contribution < -0.4 is 15.0 Å². The standard InChI is InChI=1S/C24H25N3O4/c1-16-6-5-11-27(14-16)22-13-20(24(29)30)19-12-17(9-10-21(19)26-22)25-23(28)15-31-18-7-3-2-4-8-18/h2-4,7-10,12-13,16H,5-6,11,14-15H2,1H3,(H,25,28)(H,29,30). The van der Waals surface area contributed by atoms with E-state index in [4.69, 9.17) is 9.72 Å². The lowest BCUT2D eigenvalue weighted by molar-refractivity contribution is -0.118. The molecule has 2 N–H and O–H groups in total. The third kappa shape index (κ3) is 4.94. The van der Waals surface area contributed by atoms with Gasteiger partial charge in [-0.3, -0.25) is 4.79 Å². The fourth-order valence-electron chi connectivity index (χ4n) is 3.89. The molecule has 1 atom stereocenters. The summed E-state index contributed by atoms with van der Waals surface area (Å²) in [4.78, 5) is 31.1. The molecule has 160 valence electrons. The second kappa shape index (κ2) is 9.04. The molecular weight excluding hydrogens is 394 g/mol. The van der Waals surface area contributed by atoms with Gasteiger partial charge < -0.3 is 20.1 Å². The number of ether oxygens (including phenoxy) is 1. The number of benzene rings is 2. The number of aromatic nitrogens is 1. The van der Waals surface area contributed by atoms with Crippen LogP contribution in [-0.4, -0.2) is 41.7 Å². The third-order valence-electron chi connectivity index (χ3n) is 5.40. The van der Waals surface area contributed by atoms with Gasteiger partial charge in [-0.05, 0) is 55.2 Å². The quantitative estimate of drug-likeness (QED) is 0.623. The first-order valence-electron chi connectivity index (χ1n) is 10.4. The van der Waals surface area contributed by atoms with Crippen molar-refractivity contribution in [2.45, 2.75) is 19.8 Å². The molecule has 7 nitrogen and oxygen atoms in total. The van der Waals surface area contributed by atoms with Crippen molar-refractivity contribution >= 4 is 34.3 Å². The number of carbonyl (C=O) groups is 2. The number of piperidine rings is 1. The van der Waals surface area contributed by atoms with Crippen LogP contribution in [0.15, 0.2) is 54.6 Å². The molecule has 7 heteroatoms. The summed E-state index contributed by atoms with van der Waals surface area (Å²) in [5.74, 6) is 0.495. The van der Waals surface area contributed by atoms with E-state index in [1.807, 2.05) is 18.2 Å². The Hall–Kier alpha value is -3.61. The summed E-state index contributed by atoms with van der Waals surface area (Å²) in [6.07, 6.45) is 2.24. The Morgan fingerprint density at radius 2 is 2.00 bits per heavy atom. The van der Waals surface area contributed by atoms with Gasteiger partial charge in [0, 0.05) is 24.2 Å². The van der Waals surface area contributed by atoms with Crippen molar-refractivity contribution in [1.82, 2.24) is 4.98 Å². The molecule has 2 heterocycles. The van der Waals surface area contributed by atoms with E-state index in [2.05, 4.69) is 17.1 Å². The van der Waals surface area contributed by atoms with E-state index in [9.17, 15) is 14.7 Å². The van der Waals surface area contributed by atoms with Crippen molar-refractivity contribution in [3.63, 3.8) is 0 Å². The Bertz CT molecular complexity index is 1100. The Morgan fingerprint density at radius 1 is 1.19 bits per heavy atom. The van der Waals surface area contributed by atoms with Crippen molar-refractivity contribution in [2.24, 2.45) is 5.92 Å². The molecule has 2 aromatic carbocycles. The molecule has 0 bridgehead atoms. The first-order chi connectivity index (χ1) is 15.0. The number of carboxylic acids is 1. The van der Waals surface area contributed by atoms with Crippen LogP contribution in [0.1, 0.15) is 30.1 Å². The number of carboxylic acid groups (broad SMARTS) is 1. The molecule has 0 spiro atoms. The molecule has 4 rings (SSSR count). The van der Waals surface area contributed by atoms with E-state index in [1.165, 1.54) is 6.42 Å². The van der Waals surface area contributed by atoms with Crippen LogP contribution >= 0.6 is 0 Å². The Balaban J connectivity index is 1.55. The summed E-state index contributed by atoms with van der Waals surface area (Å²) in [5.41, 5.74) is 1.26. The largest absolute Gasteiger partial charge is 0.484 e. The van der Waals surface area contributed by atoms with Gasteiger partial charge in [0.05, 0.1) is 11.1 Å². The van der Waals surface area contributed by atoms with Crippen molar-refractivity contribution in [3.8, 4) is 5.75 Å². The maximum atomic E-state index is 12.3. The molecule has 31 heavy (non-hydrogen) atoms. The minimum absolute atomic E-state index is 0.141. The first kappa shape index (κ1) is 20.7. The molecular formula is C24H25N3O4. The van der Waals surface area contributed by atoms with Gasteiger partial charge in [-0.15, -0.1) is 0 Å². The highest BCUT2D eigenvalue weighted by molar-refractivity contribution is 6.05. The van der Waals surface area contributed by atoms with Crippen molar-refractivity contribution in [3.05, 3.63) is 60.2 Å². The van der Waals surface area contributed by atoms with Crippen molar-refractivity contribution in [2.75, 3.05) is 29.9 Å². The zero-order valence-corrected chi connectivity index (χ0v) is 17.4. The molecule has 0 radical (unpaired) electrons. The van der Waals surface area contributed by atoms with Gasteiger partial charge in [0.15, 0.2) is 6.61 Å². The summed E-state index contributed by atoms with van der Waals surface area (Å²) >= 11 is 0. The fraction of sp³-hybridized carbons (Fsp3) is 0.292. The van der Waals surface area contributed by atoms with E-state index >= 15 is 0 Å². The Morgan fingerprint density at radius 3 is 2.74 bits per heavy atom. The van der Waals surface area contributed by atoms with E-state index < -0.39 is 5.97 Å². The maximum absolute atomic E-state index is 12.3. The molecule has 1 saturated heterocycles. The number of anilines is 2. The van der Waals surface area contributed by atoms with Gasteiger partial charge in [0.2, 0.25) is 0 Å². The topological polar surface area (TPSA) is 91.8 Å². The normalized spacial score (nSPS) is 16.2.